The Balaban J connectivity index is 0.00000176. The van der Waals surface area contributed by atoms with E-state index in [2.05, 4.69) is 10.4 Å². The van der Waals surface area contributed by atoms with E-state index in [1.807, 2.05) is 6.92 Å². The third kappa shape index (κ3) is 3.46. The van der Waals surface area contributed by atoms with E-state index in [0.717, 1.165) is 12.8 Å². The molecule has 0 aliphatic carbocycles. The van der Waals surface area contributed by atoms with Gasteiger partial charge >= 0.3 is 0 Å². The summed E-state index contributed by atoms with van der Waals surface area (Å²) in [5.74, 6) is 0. The molecule has 0 spiro atoms. The summed E-state index contributed by atoms with van der Waals surface area (Å²) in [6.45, 7) is 5.23. The molecule has 0 aromatic carbocycles. The van der Waals surface area contributed by atoms with Gasteiger partial charge in [-0.25, -0.2) is 8.42 Å². The standard InChI is InChI=1S/C13H22N4O3S.ClH/c1-11-8-14-4-5-17(11)21(18,19)13-9-15-16(10-13)12-2-6-20-7-3-12;/h9-12,14H,2-8H2,1H3;1H. The molecule has 3 rings (SSSR count). The molecule has 1 aromatic heterocycles. The molecule has 22 heavy (non-hydrogen) atoms. The van der Waals surface area contributed by atoms with Crippen molar-refractivity contribution in [1.82, 2.24) is 19.4 Å². The monoisotopic (exact) mass is 350 g/mol. The average Bonchev–Trinajstić information content (AvgIpc) is 2.99. The highest BCUT2D eigenvalue weighted by Gasteiger charge is 2.32. The molecule has 1 aromatic rings. The van der Waals surface area contributed by atoms with Crippen LogP contribution in [0.3, 0.4) is 0 Å². The molecule has 2 saturated heterocycles. The lowest BCUT2D eigenvalue weighted by atomic mass is 10.1. The van der Waals surface area contributed by atoms with Crippen molar-refractivity contribution in [2.45, 2.75) is 36.7 Å². The van der Waals surface area contributed by atoms with Gasteiger partial charge in [-0.3, -0.25) is 4.68 Å². The Hall–Kier alpha value is -0.670. The fourth-order valence-corrected chi connectivity index (χ4v) is 4.49. The summed E-state index contributed by atoms with van der Waals surface area (Å²) in [5, 5.41) is 7.47. The normalized spacial score (nSPS) is 24.9. The van der Waals surface area contributed by atoms with E-state index < -0.39 is 10.0 Å². The molecule has 9 heteroatoms. The summed E-state index contributed by atoms with van der Waals surface area (Å²) >= 11 is 0. The largest absolute Gasteiger partial charge is 0.381 e. The highest BCUT2D eigenvalue weighted by molar-refractivity contribution is 7.89. The number of hydrogen-bond donors (Lipinski definition) is 1. The van der Waals surface area contributed by atoms with Crippen LogP contribution in [0.25, 0.3) is 0 Å². The fourth-order valence-electron chi connectivity index (χ4n) is 2.92. The number of nitrogens with one attached hydrogen (secondary N) is 1. The molecule has 1 N–H and O–H groups in total. The summed E-state index contributed by atoms with van der Waals surface area (Å²) in [7, 11) is -3.45. The quantitative estimate of drug-likeness (QED) is 0.865. The van der Waals surface area contributed by atoms with Crippen molar-refractivity contribution >= 4 is 22.4 Å². The predicted molar refractivity (Wildman–Crippen MR) is 84.8 cm³/mol. The first-order valence-corrected chi connectivity index (χ1v) is 8.87. The Morgan fingerprint density at radius 3 is 2.77 bits per heavy atom. The zero-order valence-electron chi connectivity index (χ0n) is 12.6. The minimum absolute atomic E-state index is 0. The second-order valence-electron chi connectivity index (χ2n) is 5.67. The Kier molecular flexibility index (Phi) is 5.84. The van der Waals surface area contributed by atoms with Crippen LogP contribution >= 0.6 is 12.4 Å². The van der Waals surface area contributed by atoms with E-state index in [0.29, 0.717) is 37.7 Å². The van der Waals surface area contributed by atoms with Gasteiger partial charge < -0.3 is 10.1 Å². The number of aromatic nitrogens is 2. The summed E-state index contributed by atoms with van der Waals surface area (Å²) in [5.41, 5.74) is 0. The van der Waals surface area contributed by atoms with E-state index in [9.17, 15) is 8.42 Å². The van der Waals surface area contributed by atoms with Gasteiger partial charge in [0.05, 0.1) is 12.2 Å². The lowest BCUT2D eigenvalue weighted by molar-refractivity contribution is 0.0662. The van der Waals surface area contributed by atoms with Crippen LogP contribution in [0.2, 0.25) is 0 Å². The van der Waals surface area contributed by atoms with Gasteiger partial charge in [0.15, 0.2) is 0 Å². The Morgan fingerprint density at radius 1 is 1.36 bits per heavy atom. The lowest BCUT2D eigenvalue weighted by Gasteiger charge is -2.32. The van der Waals surface area contributed by atoms with Crippen LogP contribution in [0.1, 0.15) is 25.8 Å². The van der Waals surface area contributed by atoms with Crippen molar-refractivity contribution in [2.24, 2.45) is 0 Å². The maximum atomic E-state index is 12.7. The number of hydrogen-bond acceptors (Lipinski definition) is 5. The summed E-state index contributed by atoms with van der Waals surface area (Å²) in [6, 6.07) is 0.207. The molecule has 3 heterocycles. The van der Waals surface area contributed by atoms with Crippen molar-refractivity contribution in [3.63, 3.8) is 0 Å². The van der Waals surface area contributed by atoms with Crippen LogP contribution in [0.4, 0.5) is 0 Å². The number of piperazine rings is 1. The van der Waals surface area contributed by atoms with E-state index in [4.69, 9.17) is 4.74 Å². The van der Waals surface area contributed by atoms with Crippen LogP contribution in [-0.2, 0) is 14.8 Å². The van der Waals surface area contributed by atoms with Gasteiger partial charge in [0, 0.05) is 45.1 Å². The fraction of sp³-hybridized carbons (Fsp3) is 0.769. The second kappa shape index (κ2) is 7.27. The molecular weight excluding hydrogens is 328 g/mol. The van der Waals surface area contributed by atoms with Gasteiger partial charge in [-0.05, 0) is 19.8 Å². The highest BCUT2D eigenvalue weighted by Crippen LogP contribution is 2.24. The van der Waals surface area contributed by atoms with Gasteiger partial charge in [0.2, 0.25) is 10.0 Å². The molecule has 2 aliphatic rings. The molecule has 7 nitrogen and oxygen atoms in total. The van der Waals surface area contributed by atoms with Crippen LogP contribution in [0, 0.1) is 0 Å². The third-order valence-corrected chi connectivity index (χ3v) is 6.16. The maximum Gasteiger partial charge on any atom is 0.246 e. The second-order valence-corrected chi connectivity index (χ2v) is 7.56. The van der Waals surface area contributed by atoms with Gasteiger partial charge in [-0.15, -0.1) is 12.4 Å². The molecule has 0 saturated carbocycles. The van der Waals surface area contributed by atoms with Gasteiger partial charge in [0.25, 0.3) is 0 Å². The molecule has 1 unspecified atom stereocenters. The van der Waals surface area contributed by atoms with E-state index in [1.54, 1.807) is 15.2 Å². The van der Waals surface area contributed by atoms with Gasteiger partial charge in [-0.2, -0.15) is 9.40 Å². The van der Waals surface area contributed by atoms with Crippen molar-refractivity contribution in [1.29, 1.82) is 0 Å². The Morgan fingerprint density at radius 2 is 2.09 bits per heavy atom. The number of rotatable bonds is 3. The van der Waals surface area contributed by atoms with Crippen LogP contribution in [-0.4, -0.2) is 61.4 Å². The molecule has 1 atom stereocenters. The van der Waals surface area contributed by atoms with Crippen LogP contribution in [0.15, 0.2) is 17.3 Å². The van der Waals surface area contributed by atoms with Crippen LogP contribution in [0.5, 0.6) is 0 Å². The van der Waals surface area contributed by atoms with Crippen molar-refractivity contribution in [2.75, 3.05) is 32.8 Å². The van der Waals surface area contributed by atoms with Gasteiger partial charge in [-0.1, -0.05) is 0 Å². The summed E-state index contributed by atoms with van der Waals surface area (Å²) in [6.07, 6.45) is 4.90. The van der Waals surface area contributed by atoms with Crippen molar-refractivity contribution in [3.8, 4) is 0 Å². The highest BCUT2D eigenvalue weighted by atomic mass is 35.5. The van der Waals surface area contributed by atoms with Crippen molar-refractivity contribution in [3.05, 3.63) is 12.4 Å². The molecule has 126 valence electrons. The van der Waals surface area contributed by atoms with E-state index in [1.165, 1.54) is 6.20 Å². The van der Waals surface area contributed by atoms with E-state index >= 15 is 0 Å². The molecular formula is C13H23ClN4O3S. The summed E-state index contributed by atoms with van der Waals surface area (Å²) in [4.78, 5) is 0.294. The predicted octanol–water partition coefficient (Wildman–Crippen LogP) is 0.639. The summed E-state index contributed by atoms with van der Waals surface area (Å²) < 4.78 is 34.1. The Labute approximate surface area is 137 Å². The van der Waals surface area contributed by atoms with Crippen molar-refractivity contribution < 1.29 is 13.2 Å². The average molecular weight is 351 g/mol. The molecule has 0 bridgehead atoms. The number of sulfonamides is 1. The minimum Gasteiger partial charge on any atom is -0.381 e. The van der Waals surface area contributed by atoms with E-state index in [-0.39, 0.29) is 24.5 Å². The molecule has 2 fully saturated rings. The Bertz CT molecular complexity index is 586. The minimum atomic E-state index is -3.45. The molecule has 0 radical (unpaired) electrons. The maximum absolute atomic E-state index is 12.7. The first-order chi connectivity index (χ1) is 10.1. The van der Waals surface area contributed by atoms with Crippen LogP contribution < -0.4 is 5.32 Å². The number of halogens is 1. The number of nitrogens with zero attached hydrogens (tertiary/aromatic N) is 3. The first kappa shape index (κ1) is 17.7. The lowest BCUT2D eigenvalue weighted by Crippen LogP contribution is -2.52. The smallest absolute Gasteiger partial charge is 0.246 e. The topological polar surface area (TPSA) is 76.5 Å². The number of ether oxygens (including phenoxy) is 1. The van der Waals surface area contributed by atoms with Gasteiger partial charge in [0.1, 0.15) is 4.90 Å². The first-order valence-electron chi connectivity index (χ1n) is 7.43. The molecule has 0 amide bonds. The SMILES string of the molecule is CC1CNCCN1S(=O)(=O)c1cnn(C2CCOCC2)c1.Cl. The zero-order valence-corrected chi connectivity index (χ0v) is 14.3. The third-order valence-electron chi connectivity index (χ3n) is 4.19. The zero-order chi connectivity index (χ0) is 14.9. The molecule has 2 aliphatic heterocycles.